The van der Waals surface area contributed by atoms with E-state index < -0.39 is 16.0 Å². The van der Waals surface area contributed by atoms with Gasteiger partial charge in [0.2, 0.25) is 16.0 Å². The van der Waals surface area contributed by atoms with E-state index in [4.69, 9.17) is 9.47 Å². The lowest BCUT2D eigenvalue weighted by molar-refractivity contribution is 0.0600. The Kier molecular flexibility index (Phi) is 7.47. The Morgan fingerprint density at radius 3 is 2.05 bits per heavy atom. The van der Waals surface area contributed by atoms with Crippen LogP contribution in [0.5, 0.6) is 11.5 Å². The van der Waals surface area contributed by atoms with Crippen LogP contribution in [0.3, 0.4) is 0 Å². The second-order valence-corrected chi connectivity index (χ2v) is 10.5. The Bertz CT molecular complexity index is 1760. The van der Waals surface area contributed by atoms with Crippen LogP contribution in [0.15, 0.2) is 97.1 Å². The van der Waals surface area contributed by atoms with Gasteiger partial charge in [0.25, 0.3) is 0 Å². The van der Waals surface area contributed by atoms with Crippen molar-refractivity contribution in [3.05, 3.63) is 103 Å². The van der Waals surface area contributed by atoms with E-state index in [0.29, 0.717) is 45.4 Å². The molecule has 0 spiro atoms. The maximum Gasteiger partial charge on any atom is 0.337 e. The van der Waals surface area contributed by atoms with Crippen molar-refractivity contribution < 1.29 is 22.7 Å². The lowest BCUT2D eigenvalue weighted by atomic mass is 10.2. The molecule has 0 bridgehead atoms. The van der Waals surface area contributed by atoms with Gasteiger partial charge in [-0.05, 0) is 78.9 Å². The number of fused-ring (bicyclic) bond motifs is 1. The van der Waals surface area contributed by atoms with Crippen LogP contribution in [0.1, 0.15) is 10.4 Å². The summed E-state index contributed by atoms with van der Waals surface area (Å²) in [5, 5.41) is 7.04. The van der Waals surface area contributed by atoms with Crippen LogP contribution in [-0.4, -0.2) is 37.7 Å². The Balaban J connectivity index is 1.45. The Morgan fingerprint density at radius 1 is 0.750 bits per heavy atom. The fourth-order valence-corrected chi connectivity index (χ4v) is 4.42. The zero-order chi connectivity index (χ0) is 28.1. The summed E-state index contributed by atoms with van der Waals surface area (Å²) < 4.78 is 36.7. The minimum Gasteiger partial charge on any atom is -0.465 e. The lowest BCUT2D eigenvalue weighted by Crippen LogP contribution is -2.09. The fourth-order valence-electron chi connectivity index (χ4n) is 3.86. The van der Waals surface area contributed by atoms with Crippen molar-refractivity contribution in [2.75, 3.05) is 28.7 Å². The van der Waals surface area contributed by atoms with Gasteiger partial charge in [-0.2, -0.15) is 4.98 Å². The van der Waals surface area contributed by atoms with Gasteiger partial charge in [-0.15, -0.1) is 0 Å². The predicted molar refractivity (Wildman–Crippen MR) is 155 cm³/mol. The Labute approximate surface area is 231 Å². The molecule has 11 heteroatoms. The summed E-state index contributed by atoms with van der Waals surface area (Å²) in [7, 11) is -2.16. The molecule has 5 aromatic rings. The van der Waals surface area contributed by atoms with Gasteiger partial charge in [-0.1, -0.05) is 18.2 Å². The third-order valence-corrected chi connectivity index (χ3v) is 6.26. The molecule has 0 unspecified atom stereocenters. The average Bonchev–Trinajstić information content (AvgIpc) is 2.94. The second kappa shape index (κ2) is 11.3. The van der Waals surface area contributed by atoms with E-state index in [1.807, 2.05) is 54.6 Å². The molecular weight excluding hydrogens is 530 g/mol. The predicted octanol–water partition coefficient (Wildman–Crippen LogP) is 6.07. The third kappa shape index (κ3) is 6.63. The zero-order valence-electron chi connectivity index (χ0n) is 21.6. The SMILES string of the molecule is COC(=O)c1ccc(Nc2nc(Nc3ccc(Oc4ccccc4)cc3)nc3ccc(NS(C)(=O)=O)cc23)cc1. The molecule has 0 saturated carbocycles. The number of carbonyl (C=O) groups excluding carboxylic acids is 1. The number of hydrogen-bond donors (Lipinski definition) is 3. The molecule has 4 aromatic carbocycles. The largest absolute Gasteiger partial charge is 0.465 e. The molecule has 0 aliphatic heterocycles. The molecule has 10 nitrogen and oxygen atoms in total. The van der Waals surface area contributed by atoms with Crippen molar-refractivity contribution in [3.8, 4) is 11.5 Å². The minimum absolute atomic E-state index is 0.321. The van der Waals surface area contributed by atoms with Crippen molar-refractivity contribution in [1.82, 2.24) is 9.97 Å². The van der Waals surface area contributed by atoms with Gasteiger partial charge in [-0.25, -0.2) is 18.2 Å². The minimum atomic E-state index is -3.48. The number of anilines is 5. The number of para-hydroxylation sites is 1. The number of benzene rings is 4. The van der Waals surface area contributed by atoms with Crippen LogP contribution in [-0.2, 0) is 14.8 Å². The number of sulfonamides is 1. The molecule has 0 aliphatic rings. The van der Waals surface area contributed by atoms with Gasteiger partial charge in [-0.3, -0.25) is 4.72 Å². The maximum absolute atomic E-state index is 11.8. The molecule has 3 N–H and O–H groups in total. The van der Waals surface area contributed by atoms with E-state index in [0.717, 1.165) is 17.7 Å². The summed E-state index contributed by atoms with van der Waals surface area (Å²) in [5.74, 6) is 1.73. The van der Waals surface area contributed by atoms with Gasteiger partial charge in [0.1, 0.15) is 17.3 Å². The van der Waals surface area contributed by atoms with Crippen LogP contribution < -0.4 is 20.1 Å². The number of aromatic nitrogens is 2. The number of esters is 1. The first-order valence-electron chi connectivity index (χ1n) is 12.1. The first-order valence-corrected chi connectivity index (χ1v) is 14.0. The topological polar surface area (TPSA) is 132 Å². The van der Waals surface area contributed by atoms with E-state index in [2.05, 4.69) is 25.3 Å². The molecule has 0 fully saturated rings. The number of rotatable bonds is 9. The summed E-state index contributed by atoms with van der Waals surface area (Å²) in [6.07, 6.45) is 1.08. The molecule has 0 atom stereocenters. The van der Waals surface area contributed by atoms with Gasteiger partial charge in [0.15, 0.2) is 0 Å². The summed E-state index contributed by atoms with van der Waals surface area (Å²) in [5.41, 5.74) is 2.75. The summed E-state index contributed by atoms with van der Waals surface area (Å²) >= 11 is 0. The third-order valence-electron chi connectivity index (χ3n) is 5.66. The lowest BCUT2D eigenvalue weighted by Gasteiger charge is -2.14. The maximum atomic E-state index is 11.8. The second-order valence-electron chi connectivity index (χ2n) is 8.76. The molecule has 0 amide bonds. The van der Waals surface area contributed by atoms with Crippen molar-refractivity contribution >= 4 is 55.7 Å². The first-order chi connectivity index (χ1) is 19.3. The Morgan fingerprint density at radius 2 is 1.38 bits per heavy atom. The van der Waals surface area contributed by atoms with E-state index in [1.54, 1.807) is 42.5 Å². The van der Waals surface area contributed by atoms with E-state index in [9.17, 15) is 13.2 Å². The number of methoxy groups -OCH3 is 1. The highest BCUT2D eigenvalue weighted by atomic mass is 32.2. The highest BCUT2D eigenvalue weighted by Crippen LogP contribution is 2.30. The quantitative estimate of drug-likeness (QED) is 0.186. The van der Waals surface area contributed by atoms with Crippen LogP contribution in [0, 0.1) is 0 Å². The van der Waals surface area contributed by atoms with Crippen LogP contribution in [0.25, 0.3) is 10.9 Å². The number of nitrogens with one attached hydrogen (secondary N) is 3. The first kappa shape index (κ1) is 26.4. The van der Waals surface area contributed by atoms with E-state index in [-0.39, 0.29) is 0 Å². The number of nitrogens with zero attached hydrogens (tertiary/aromatic N) is 2. The Hall–Kier alpha value is -5.16. The van der Waals surface area contributed by atoms with E-state index in [1.165, 1.54) is 7.11 Å². The van der Waals surface area contributed by atoms with Crippen molar-refractivity contribution in [2.45, 2.75) is 0 Å². The van der Waals surface area contributed by atoms with Crippen molar-refractivity contribution in [3.63, 3.8) is 0 Å². The van der Waals surface area contributed by atoms with Gasteiger partial charge < -0.3 is 20.1 Å². The molecule has 5 rings (SSSR count). The van der Waals surface area contributed by atoms with Gasteiger partial charge in [0, 0.05) is 22.4 Å². The highest BCUT2D eigenvalue weighted by molar-refractivity contribution is 7.92. The highest BCUT2D eigenvalue weighted by Gasteiger charge is 2.12. The van der Waals surface area contributed by atoms with Crippen molar-refractivity contribution in [2.24, 2.45) is 0 Å². The molecule has 0 aliphatic carbocycles. The van der Waals surface area contributed by atoms with Crippen molar-refractivity contribution in [1.29, 1.82) is 0 Å². The summed E-state index contributed by atoms with van der Waals surface area (Å²) in [6.45, 7) is 0. The molecule has 40 heavy (non-hydrogen) atoms. The molecule has 1 aromatic heterocycles. The smallest absolute Gasteiger partial charge is 0.337 e. The van der Waals surface area contributed by atoms with E-state index >= 15 is 0 Å². The molecular formula is C29H25N5O5S. The van der Waals surface area contributed by atoms with Crippen LogP contribution >= 0.6 is 0 Å². The normalized spacial score (nSPS) is 11.1. The fraction of sp³-hybridized carbons (Fsp3) is 0.0690. The molecule has 0 saturated heterocycles. The summed E-state index contributed by atoms with van der Waals surface area (Å²) in [4.78, 5) is 21.1. The average molecular weight is 556 g/mol. The molecule has 202 valence electrons. The van der Waals surface area contributed by atoms with Gasteiger partial charge in [0.05, 0.1) is 24.4 Å². The van der Waals surface area contributed by atoms with Gasteiger partial charge >= 0.3 is 5.97 Å². The number of ether oxygens (including phenoxy) is 2. The van der Waals surface area contributed by atoms with Crippen LogP contribution in [0.2, 0.25) is 0 Å². The molecule has 0 radical (unpaired) electrons. The number of hydrogen-bond acceptors (Lipinski definition) is 9. The molecule has 1 heterocycles. The number of carbonyl (C=O) groups is 1. The van der Waals surface area contributed by atoms with Crippen LogP contribution in [0.4, 0.5) is 28.8 Å². The summed E-state index contributed by atoms with van der Waals surface area (Å²) in [6, 6.07) is 28.6. The monoisotopic (exact) mass is 555 g/mol. The standard InChI is InChI=1S/C29H25N5O5S/c1-38-28(35)19-8-10-20(11-9-19)30-27-25-18-22(34-40(2,36)37)14-17-26(25)32-29(33-27)31-21-12-15-24(16-13-21)39-23-6-4-3-5-7-23/h3-18,34H,1-2H3,(H2,30,31,32,33). The zero-order valence-corrected chi connectivity index (χ0v) is 22.4.